The van der Waals surface area contributed by atoms with Crippen LogP contribution >= 0.6 is 35.0 Å². The molecule has 0 aliphatic heterocycles. The van der Waals surface area contributed by atoms with Gasteiger partial charge in [0.1, 0.15) is 0 Å². The van der Waals surface area contributed by atoms with Gasteiger partial charge in [0.05, 0.1) is 11.3 Å². The Morgan fingerprint density at radius 2 is 2.00 bits per heavy atom. The van der Waals surface area contributed by atoms with Crippen LogP contribution in [0.4, 0.5) is 10.1 Å². The molecule has 3 nitrogen and oxygen atoms in total. The minimum atomic E-state index is -0.946. The first-order chi connectivity index (χ1) is 13.0. The molecule has 0 fully saturated rings. The maximum absolute atomic E-state index is 13.5. The summed E-state index contributed by atoms with van der Waals surface area (Å²) in [7, 11) is 0. The molecule has 7 heteroatoms. The van der Waals surface area contributed by atoms with E-state index in [4.69, 9.17) is 0 Å². The number of thioether (sulfide) groups is 1. The predicted octanol–water partition coefficient (Wildman–Crippen LogP) is 6.66. The minimum Gasteiger partial charge on any atom is -0.478 e. The van der Waals surface area contributed by atoms with Crippen LogP contribution < -0.4 is 4.72 Å². The smallest absolute Gasteiger partial charge is 0.335 e. The fourth-order valence-electron chi connectivity index (χ4n) is 2.59. The van der Waals surface area contributed by atoms with Crippen molar-refractivity contribution in [2.45, 2.75) is 23.1 Å². The van der Waals surface area contributed by atoms with Crippen molar-refractivity contribution in [2.24, 2.45) is 0 Å². The molecule has 0 radical (unpaired) electrons. The molecule has 0 aliphatic carbocycles. The van der Waals surface area contributed by atoms with E-state index >= 15 is 0 Å². The quantitative estimate of drug-likeness (QED) is 0.331. The fourth-order valence-corrected chi connectivity index (χ4v) is 4.72. The fraction of sp³-hybridized carbons (Fsp3) is 0.150. The molecular weight excluding hydrogens is 401 g/mol. The van der Waals surface area contributed by atoms with Crippen LogP contribution in [0, 0.1) is 5.13 Å². The number of hydrogen-bond donors (Lipinski definition) is 2. The lowest BCUT2D eigenvalue weighted by molar-refractivity contribution is 0.0696. The van der Waals surface area contributed by atoms with Crippen LogP contribution in [-0.4, -0.2) is 17.3 Å². The number of carboxylic acids is 1. The molecule has 0 bridgehead atoms. The molecule has 1 heterocycles. The molecule has 0 atom stereocenters. The van der Waals surface area contributed by atoms with E-state index in [1.165, 1.54) is 18.0 Å². The third-order valence-electron chi connectivity index (χ3n) is 4.03. The number of anilines is 1. The average molecular weight is 420 g/mol. The van der Waals surface area contributed by atoms with Gasteiger partial charge in [0.2, 0.25) is 0 Å². The summed E-state index contributed by atoms with van der Waals surface area (Å²) < 4.78 is 16.8. The Morgan fingerprint density at radius 3 is 2.63 bits per heavy atom. The molecule has 2 aromatic carbocycles. The normalized spacial score (nSPS) is 10.8. The van der Waals surface area contributed by atoms with E-state index in [2.05, 4.69) is 4.72 Å². The lowest BCUT2D eigenvalue weighted by Crippen LogP contribution is -1.99. The molecule has 0 unspecified atom stereocenters. The number of aryl methyl sites for hydroxylation is 1. The van der Waals surface area contributed by atoms with Crippen molar-refractivity contribution in [3.8, 4) is 10.4 Å². The summed E-state index contributed by atoms with van der Waals surface area (Å²) in [5, 5.41) is 9.03. The first-order valence-corrected chi connectivity index (χ1v) is 11.1. The van der Waals surface area contributed by atoms with Crippen molar-refractivity contribution < 1.29 is 14.3 Å². The maximum Gasteiger partial charge on any atom is 0.335 e. The van der Waals surface area contributed by atoms with E-state index in [9.17, 15) is 14.3 Å². The zero-order valence-electron chi connectivity index (χ0n) is 14.8. The van der Waals surface area contributed by atoms with Gasteiger partial charge < -0.3 is 9.83 Å². The number of hydrogen-bond acceptors (Lipinski definition) is 5. The van der Waals surface area contributed by atoms with Crippen LogP contribution in [0.3, 0.4) is 0 Å². The van der Waals surface area contributed by atoms with Gasteiger partial charge in [0, 0.05) is 20.2 Å². The standard InChI is InChI=1S/C20H18FNO2S3/c1-3-12-4-5-13(20(23)24)10-18(12)27-22-16-11-14(25-2)6-7-15(16)17-8-9-19(21)26-17/h4-11,22H,3H2,1-2H3,(H,23,24). The van der Waals surface area contributed by atoms with Gasteiger partial charge in [-0.2, -0.15) is 4.39 Å². The molecule has 3 rings (SSSR count). The minimum absolute atomic E-state index is 0.222. The summed E-state index contributed by atoms with van der Waals surface area (Å²) in [5.41, 5.74) is 3.12. The zero-order valence-corrected chi connectivity index (χ0v) is 17.2. The van der Waals surface area contributed by atoms with Crippen LogP contribution in [0.25, 0.3) is 10.4 Å². The van der Waals surface area contributed by atoms with Crippen molar-refractivity contribution in [1.29, 1.82) is 0 Å². The monoisotopic (exact) mass is 419 g/mol. The number of aromatic carboxylic acids is 1. The molecule has 0 amide bonds. The Balaban J connectivity index is 1.93. The van der Waals surface area contributed by atoms with Crippen LogP contribution in [-0.2, 0) is 6.42 Å². The number of carbonyl (C=O) groups is 1. The SMILES string of the molecule is CCc1ccc(C(=O)O)cc1SNc1cc(SC)ccc1-c1ccc(F)s1. The number of halogens is 1. The molecule has 0 saturated carbocycles. The van der Waals surface area contributed by atoms with Gasteiger partial charge in [-0.05, 0) is 66.6 Å². The molecule has 3 aromatic rings. The lowest BCUT2D eigenvalue weighted by atomic mass is 10.1. The van der Waals surface area contributed by atoms with Crippen LogP contribution in [0.1, 0.15) is 22.8 Å². The molecular formula is C20H18FNO2S3. The Morgan fingerprint density at radius 1 is 1.19 bits per heavy atom. The summed E-state index contributed by atoms with van der Waals surface area (Å²) in [6.07, 6.45) is 2.81. The number of thiophene rings is 1. The van der Waals surface area contributed by atoms with E-state index < -0.39 is 5.97 Å². The van der Waals surface area contributed by atoms with E-state index in [-0.39, 0.29) is 10.7 Å². The molecule has 0 saturated heterocycles. The summed E-state index contributed by atoms with van der Waals surface area (Å²) >= 11 is 4.11. The maximum atomic E-state index is 13.5. The molecule has 140 valence electrons. The third kappa shape index (κ3) is 4.66. The molecule has 0 aliphatic rings. The van der Waals surface area contributed by atoms with Crippen molar-refractivity contribution in [1.82, 2.24) is 0 Å². The highest BCUT2D eigenvalue weighted by Gasteiger charge is 2.12. The summed E-state index contributed by atoms with van der Waals surface area (Å²) in [6, 6.07) is 14.4. The first-order valence-electron chi connectivity index (χ1n) is 8.24. The van der Waals surface area contributed by atoms with Gasteiger partial charge in [0.25, 0.3) is 0 Å². The highest BCUT2D eigenvalue weighted by molar-refractivity contribution is 8.00. The second kappa shape index (κ2) is 8.82. The van der Waals surface area contributed by atoms with Gasteiger partial charge in [-0.25, -0.2) is 4.79 Å². The van der Waals surface area contributed by atoms with Crippen LogP contribution in [0.15, 0.2) is 58.3 Å². The Bertz CT molecular complexity index is 972. The van der Waals surface area contributed by atoms with E-state index in [1.54, 1.807) is 30.0 Å². The summed E-state index contributed by atoms with van der Waals surface area (Å²) in [5.74, 6) is -0.946. The van der Waals surface area contributed by atoms with Crippen LogP contribution in [0.2, 0.25) is 0 Å². The Labute approximate surface area is 170 Å². The van der Waals surface area contributed by atoms with Gasteiger partial charge in [-0.15, -0.1) is 23.1 Å². The second-order valence-corrected chi connectivity index (χ2v) is 8.46. The van der Waals surface area contributed by atoms with Crippen molar-refractivity contribution in [3.63, 3.8) is 0 Å². The molecule has 0 spiro atoms. The number of nitrogens with one attached hydrogen (secondary N) is 1. The van der Waals surface area contributed by atoms with Crippen molar-refractivity contribution >= 4 is 46.7 Å². The highest BCUT2D eigenvalue weighted by Crippen LogP contribution is 2.38. The average Bonchev–Trinajstić information content (AvgIpc) is 3.11. The van der Waals surface area contributed by atoms with Crippen molar-refractivity contribution in [3.05, 3.63) is 64.8 Å². The molecule has 2 N–H and O–H groups in total. The van der Waals surface area contributed by atoms with Crippen molar-refractivity contribution in [2.75, 3.05) is 11.0 Å². The van der Waals surface area contributed by atoms with Gasteiger partial charge in [-0.3, -0.25) is 0 Å². The van der Waals surface area contributed by atoms with Gasteiger partial charge in [-0.1, -0.05) is 19.1 Å². The Hall–Kier alpha value is -1.96. The van der Waals surface area contributed by atoms with E-state index in [0.717, 1.165) is 49.2 Å². The summed E-state index contributed by atoms with van der Waals surface area (Å²) in [6.45, 7) is 2.04. The highest BCUT2D eigenvalue weighted by atomic mass is 32.2. The number of benzene rings is 2. The third-order valence-corrected chi connectivity index (χ3v) is 6.59. The number of rotatable bonds is 7. The van der Waals surface area contributed by atoms with Crippen LogP contribution in [0.5, 0.6) is 0 Å². The zero-order chi connectivity index (χ0) is 19.4. The molecule has 27 heavy (non-hydrogen) atoms. The van der Waals surface area contributed by atoms with E-state index in [1.807, 2.05) is 37.4 Å². The van der Waals surface area contributed by atoms with Gasteiger partial charge >= 0.3 is 5.97 Å². The Kier molecular flexibility index (Phi) is 6.46. The predicted molar refractivity (Wildman–Crippen MR) is 114 cm³/mol. The van der Waals surface area contributed by atoms with E-state index in [0.29, 0.717) is 0 Å². The lowest BCUT2D eigenvalue weighted by Gasteiger charge is -2.14. The first kappa shape index (κ1) is 19.8. The topological polar surface area (TPSA) is 49.3 Å². The largest absolute Gasteiger partial charge is 0.478 e. The number of carboxylic acid groups (broad SMARTS) is 1. The summed E-state index contributed by atoms with van der Waals surface area (Å²) in [4.78, 5) is 14.1. The molecule has 1 aromatic heterocycles. The second-order valence-electron chi connectivity index (χ2n) is 5.70. The van der Waals surface area contributed by atoms with Gasteiger partial charge in [0.15, 0.2) is 5.13 Å².